The van der Waals surface area contributed by atoms with Gasteiger partial charge in [-0.2, -0.15) is 0 Å². The molecule has 3 nitrogen and oxygen atoms in total. The molecule has 74 valence electrons. The van der Waals surface area contributed by atoms with Gasteiger partial charge < -0.3 is 14.6 Å². The summed E-state index contributed by atoms with van der Waals surface area (Å²) in [5, 5.41) is 9.56. The SMILES string of the molecule is OC(CBr)COCCOCCCl. The van der Waals surface area contributed by atoms with Crippen LogP contribution in [-0.2, 0) is 9.47 Å². The minimum absolute atomic E-state index is 0.343. The van der Waals surface area contributed by atoms with E-state index in [1.165, 1.54) is 0 Å². The highest BCUT2D eigenvalue weighted by atomic mass is 79.9. The summed E-state index contributed by atoms with van der Waals surface area (Å²) in [6.45, 7) is 1.92. The molecule has 0 bridgehead atoms. The van der Waals surface area contributed by atoms with E-state index in [-0.39, 0.29) is 0 Å². The van der Waals surface area contributed by atoms with Crippen molar-refractivity contribution in [3.63, 3.8) is 0 Å². The van der Waals surface area contributed by atoms with E-state index in [4.69, 9.17) is 26.2 Å². The van der Waals surface area contributed by atoms with Crippen LogP contribution in [0.1, 0.15) is 0 Å². The monoisotopic (exact) mass is 260 g/mol. The zero-order valence-corrected chi connectivity index (χ0v) is 9.18. The Balaban J connectivity index is 2.90. The van der Waals surface area contributed by atoms with E-state index in [2.05, 4.69) is 15.9 Å². The van der Waals surface area contributed by atoms with Crippen LogP contribution in [-0.4, -0.2) is 48.8 Å². The Kier molecular flexibility index (Phi) is 10.3. The molecule has 0 aliphatic carbocycles. The van der Waals surface area contributed by atoms with E-state index in [1.807, 2.05) is 0 Å². The molecule has 0 fully saturated rings. The first-order valence-corrected chi connectivity index (χ1v) is 5.42. The molecule has 0 aliphatic heterocycles. The van der Waals surface area contributed by atoms with Gasteiger partial charge in [-0.15, -0.1) is 11.6 Å². The summed E-state index contributed by atoms with van der Waals surface area (Å²) in [5.41, 5.74) is 0. The van der Waals surface area contributed by atoms with Crippen molar-refractivity contribution in [2.45, 2.75) is 6.10 Å². The van der Waals surface area contributed by atoms with Crippen LogP contribution in [0.4, 0.5) is 0 Å². The second kappa shape index (κ2) is 9.74. The highest BCUT2D eigenvalue weighted by molar-refractivity contribution is 9.09. The van der Waals surface area contributed by atoms with Crippen molar-refractivity contribution in [2.24, 2.45) is 0 Å². The zero-order valence-electron chi connectivity index (χ0n) is 6.84. The van der Waals surface area contributed by atoms with E-state index < -0.39 is 6.10 Å². The average molecular weight is 262 g/mol. The smallest absolute Gasteiger partial charge is 0.0870 e. The molecular weight excluding hydrogens is 247 g/mol. The van der Waals surface area contributed by atoms with Crippen LogP contribution < -0.4 is 0 Å². The first kappa shape index (κ1) is 12.7. The van der Waals surface area contributed by atoms with Crippen molar-refractivity contribution in [1.29, 1.82) is 0 Å². The van der Waals surface area contributed by atoms with Crippen molar-refractivity contribution in [2.75, 3.05) is 37.6 Å². The van der Waals surface area contributed by atoms with Gasteiger partial charge in [-0.05, 0) is 0 Å². The number of hydrogen-bond acceptors (Lipinski definition) is 3. The van der Waals surface area contributed by atoms with Crippen LogP contribution in [0.3, 0.4) is 0 Å². The average Bonchev–Trinajstić information content (AvgIpc) is 2.10. The van der Waals surface area contributed by atoms with Crippen molar-refractivity contribution in [1.82, 2.24) is 0 Å². The standard InChI is InChI=1S/C7H14BrClO3/c8-5-7(10)6-12-4-3-11-2-1-9/h7,10H,1-6H2. The fraction of sp³-hybridized carbons (Fsp3) is 1.00. The molecule has 0 aromatic rings. The Morgan fingerprint density at radius 3 is 2.50 bits per heavy atom. The number of hydrogen-bond donors (Lipinski definition) is 1. The van der Waals surface area contributed by atoms with E-state index in [1.54, 1.807) is 0 Å². The van der Waals surface area contributed by atoms with Crippen LogP contribution in [0.25, 0.3) is 0 Å². The Bertz CT molecular complexity index is 94.7. The quantitative estimate of drug-likeness (QED) is 0.524. The predicted octanol–water partition coefficient (Wildman–Crippen LogP) is 1.01. The summed E-state index contributed by atoms with van der Waals surface area (Å²) in [7, 11) is 0. The van der Waals surface area contributed by atoms with Gasteiger partial charge in [0.1, 0.15) is 0 Å². The molecule has 0 saturated carbocycles. The zero-order chi connectivity index (χ0) is 9.23. The lowest BCUT2D eigenvalue weighted by Gasteiger charge is -2.07. The Labute approximate surface area is 86.1 Å². The van der Waals surface area contributed by atoms with Crippen LogP contribution in [0.15, 0.2) is 0 Å². The normalized spacial score (nSPS) is 13.2. The highest BCUT2D eigenvalue weighted by Gasteiger charge is 1.99. The molecule has 0 spiro atoms. The number of halogens is 2. The molecule has 0 aromatic heterocycles. The van der Waals surface area contributed by atoms with E-state index in [0.717, 1.165) is 0 Å². The Hall–Kier alpha value is 0.650. The van der Waals surface area contributed by atoms with Crippen molar-refractivity contribution in [3.8, 4) is 0 Å². The molecule has 12 heavy (non-hydrogen) atoms. The molecule has 0 rings (SSSR count). The lowest BCUT2D eigenvalue weighted by atomic mass is 10.4. The summed E-state index contributed by atoms with van der Waals surface area (Å²) in [6, 6.07) is 0. The van der Waals surface area contributed by atoms with Crippen LogP contribution in [0.5, 0.6) is 0 Å². The van der Waals surface area contributed by atoms with Gasteiger partial charge in [0.15, 0.2) is 0 Å². The third kappa shape index (κ3) is 8.74. The van der Waals surface area contributed by atoms with Crippen molar-refractivity contribution >= 4 is 27.5 Å². The van der Waals surface area contributed by atoms with Gasteiger partial charge in [0.25, 0.3) is 0 Å². The number of aliphatic hydroxyl groups excluding tert-OH is 1. The van der Waals surface area contributed by atoms with Crippen LogP contribution >= 0.6 is 27.5 Å². The van der Waals surface area contributed by atoms with Gasteiger partial charge in [-0.1, -0.05) is 15.9 Å². The summed E-state index contributed by atoms with van der Waals surface area (Å²) in [5.74, 6) is 0.504. The molecule has 1 unspecified atom stereocenters. The maximum Gasteiger partial charge on any atom is 0.0870 e. The maximum absolute atomic E-state index is 9.03. The molecule has 0 saturated heterocycles. The van der Waals surface area contributed by atoms with Gasteiger partial charge in [0.05, 0.1) is 32.5 Å². The molecule has 0 aromatic carbocycles. The Morgan fingerprint density at radius 2 is 1.92 bits per heavy atom. The Morgan fingerprint density at radius 1 is 1.25 bits per heavy atom. The second-order valence-electron chi connectivity index (χ2n) is 2.18. The molecule has 0 amide bonds. The van der Waals surface area contributed by atoms with Crippen LogP contribution in [0, 0.1) is 0 Å². The van der Waals surface area contributed by atoms with Crippen molar-refractivity contribution in [3.05, 3.63) is 0 Å². The largest absolute Gasteiger partial charge is 0.390 e. The van der Waals surface area contributed by atoms with E-state index in [0.29, 0.717) is 37.6 Å². The molecule has 0 heterocycles. The number of rotatable bonds is 8. The number of alkyl halides is 2. The molecular formula is C7H14BrClO3. The minimum atomic E-state index is -0.432. The van der Waals surface area contributed by atoms with Crippen molar-refractivity contribution < 1.29 is 14.6 Å². The summed E-state index contributed by atoms with van der Waals surface area (Å²) in [4.78, 5) is 0. The first-order chi connectivity index (χ1) is 5.81. The summed E-state index contributed by atoms with van der Waals surface area (Å²) < 4.78 is 10.1. The summed E-state index contributed by atoms with van der Waals surface area (Å²) in [6.07, 6.45) is -0.432. The first-order valence-electron chi connectivity index (χ1n) is 3.76. The topological polar surface area (TPSA) is 38.7 Å². The number of ether oxygens (including phenoxy) is 2. The third-order valence-corrected chi connectivity index (χ3v) is 1.98. The fourth-order valence-electron chi connectivity index (χ4n) is 0.538. The molecule has 1 N–H and O–H groups in total. The van der Waals surface area contributed by atoms with E-state index >= 15 is 0 Å². The van der Waals surface area contributed by atoms with Gasteiger partial charge in [-0.25, -0.2) is 0 Å². The van der Waals surface area contributed by atoms with E-state index in [9.17, 15) is 0 Å². The third-order valence-electron chi connectivity index (χ3n) is 1.08. The highest BCUT2D eigenvalue weighted by Crippen LogP contribution is 1.91. The fourth-order valence-corrected chi connectivity index (χ4v) is 0.834. The maximum atomic E-state index is 9.03. The second-order valence-corrected chi connectivity index (χ2v) is 3.21. The molecule has 0 aliphatic rings. The lowest BCUT2D eigenvalue weighted by Crippen LogP contribution is -2.18. The molecule has 5 heteroatoms. The summed E-state index contributed by atoms with van der Waals surface area (Å²) >= 11 is 8.51. The molecule has 0 radical (unpaired) electrons. The van der Waals surface area contributed by atoms with Gasteiger partial charge in [0, 0.05) is 11.2 Å². The lowest BCUT2D eigenvalue weighted by molar-refractivity contribution is 0.0141. The van der Waals surface area contributed by atoms with Crippen LogP contribution in [0.2, 0.25) is 0 Å². The predicted molar refractivity (Wildman–Crippen MR) is 52.2 cm³/mol. The minimum Gasteiger partial charge on any atom is -0.390 e. The van der Waals surface area contributed by atoms with Gasteiger partial charge in [0.2, 0.25) is 0 Å². The van der Waals surface area contributed by atoms with Gasteiger partial charge >= 0.3 is 0 Å². The number of aliphatic hydroxyl groups is 1. The van der Waals surface area contributed by atoms with Gasteiger partial charge in [-0.3, -0.25) is 0 Å². The molecule has 1 atom stereocenters.